The number of ketones is 1. The number of aromatic nitrogens is 2. The van der Waals surface area contributed by atoms with Crippen molar-refractivity contribution >= 4 is 11.6 Å². The molecule has 0 bridgehead atoms. The van der Waals surface area contributed by atoms with Crippen LogP contribution in [-0.2, 0) is 6.42 Å². The van der Waals surface area contributed by atoms with E-state index in [-0.39, 0.29) is 11.7 Å². The number of rotatable bonds is 1. The second kappa shape index (κ2) is 4.71. The molecule has 0 saturated heterocycles. The van der Waals surface area contributed by atoms with Gasteiger partial charge < -0.3 is 5.73 Å². The fraction of sp³-hybridized carbons (Fsp3) is 0.312. The number of anilines is 1. The topological polar surface area (TPSA) is 68.9 Å². The monoisotopic (exact) mass is 267 g/mol. The van der Waals surface area contributed by atoms with Crippen molar-refractivity contribution in [1.29, 1.82) is 0 Å². The van der Waals surface area contributed by atoms with E-state index in [1.165, 1.54) is 11.1 Å². The Kier molecular flexibility index (Phi) is 3.01. The second-order valence-electron chi connectivity index (χ2n) is 5.42. The highest BCUT2D eigenvalue weighted by Gasteiger charge is 2.29. The predicted octanol–water partition coefficient (Wildman–Crippen LogP) is 2.59. The first-order chi connectivity index (χ1) is 9.54. The van der Waals surface area contributed by atoms with E-state index in [1.807, 2.05) is 0 Å². The summed E-state index contributed by atoms with van der Waals surface area (Å²) in [6.45, 7) is 3.86. The van der Waals surface area contributed by atoms with Gasteiger partial charge in [-0.1, -0.05) is 29.8 Å². The molecule has 2 aromatic rings. The number of nitrogen functional groups attached to an aromatic ring is 1. The van der Waals surface area contributed by atoms with Crippen LogP contribution in [-0.4, -0.2) is 15.8 Å². The standard InChI is InChI=1S/C16H17N3O/c1-9-3-5-11(6-4-9)12-7-13-15(14(20)8-12)16(17)19-10(2)18-13/h3-6,12H,7-8H2,1-2H3,(H2,17,18,19)/t12-/m0/s1. The number of Topliss-reactive ketones (excluding diaryl/α,β-unsaturated/α-hetero) is 1. The highest BCUT2D eigenvalue weighted by molar-refractivity contribution is 6.02. The van der Waals surface area contributed by atoms with E-state index in [1.54, 1.807) is 6.92 Å². The van der Waals surface area contributed by atoms with Gasteiger partial charge in [-0.3, -0.25) is 4.79 Å². The summed E-state index contributed by atoms with van der Waals surface area (Å²) in [4.78, 5) is 20.8. The van der Waals surface area contributed by atoms with E-state index in [0.29, 0.717) is 23.6 Å². The number of hydrogen-bond acceptors (Lipinski definition) is 4. The SMILES string of the molecule is Cc1ccc([C@@H]2CC(=O)c3c(N)nc(C)nc3C2)cc1. The van der Waals surface area contributed by atoms with Crippen LogP contribution in [0.4, 0.5) is 5.82 Å². The number of carbonyl (C=O) groups excluding carboxylic acids is 1. The molecule has 1 aliphatic rings. The van der Waals surface area contributed by atoms with Crippen LogP contribution >= 0.6 is 0 Å². The molecule has 0 spiro atoms. The third kappa shape index (κ3) is 2.18. The molecule has 0 unspecified atom stereocenters. The minimum atomic E-state index is 0.0503. The number of fused-ring (bicyclic) bond motifs is 1. The summed E-state index contributed by atoms with van der Waals surface area (Å²) in [5, 5.41) is 0. The van der Waals surface area contributed by atoms with E-state index in [9.17, 15) is 4.79 Å². The van der Waals surface area contributed by atoms with Gasteiger partial charge >= 0.3 is 0 Å². The average Bonchev–Trinajstić information content (AvgIpc) is 2.38. The van der Waals surface area contributed by atoms with Gasteiger partial charge in [0.15, 0.2) is 5.78 Å². The molecule has 4 heteroatoms. The third-order valence-corrected chi connectivity index (χ3v) is 3.82. The quantitative estimate of drug-likeness (QED) is 0.862. The van der Waals surface area contributed by atoms with Crippen LogP contribution in [0.2, 0.25) is 0 Å². The van der Waals surface area contributed by atoms with E-state index < -0.39 is 0 Å². The van der Waals surface area contributed by atoms with Gasteiger partial charge in [0, 0.05) is 6.42 Å². The Balaban J connectivity index is 2.00. The van der Waals surface area contributed by atoms with Crippen molar-refractivity contribution in [2.45, 2.75) is 32.6 Å². The smallest absolute Gasteiger partial charge is 0.169 e. The Morgan fingerprint density at radius 3 is 2.50 bits per heavy atom. The predicted molar refractivity (Wildman–Crippen MR) is 77.8 cm³/mol. The molecular weight excluding hydrogens is 250 g/mol. The van der Waals surface area contributed by atoms with Crippen LogP contribution in [0.25, 0.3) is 0 Å². The van der Waals surface area contributed by atoms with E-state index in [4.69, 9.17) is 5.73 Å². The summed E-state index contributed by atoms with van der Waals surface area (Å²) in [6, 6.07) is 8.34. The molecule has 2 N–H and O–H groups in total. The van der Waals surface area contributed by atoms with E-state index in [0.717, 1.165) is 12.1 Å². The maximum atomic E-state index is 12.3. The van der Waals surface area contributed by atoms with Crippen molar-refractivity contribution in [2.24, 2.45) is 0 Å². The van der Waals surface area contributed by atoms with E-state index >= 15 is 0 Å². The summed E-state index contributed by atoms with van der Waals surface area (Å²) in [6.07, 6.45) is 1.23. The molecule has 0 saturated carbocycles. The number of benzene rings is 1. The molecule has 3 rings (SSSR count). The molecule has 1 aromatic heterocycles. The Morgan fingerprint density at radius 1 is 1.10 bits per heavy atom. The molecule has 0 fully saturated rings. The van der Waals surface area contributed by atoms with E-state index in [2.05, 4.69) is 41.2 Å². The summed E-state index contributed by atoms with van der Waals surface area (Å²) in [7, 11) is 0. The fourth-order valence-corrected chi connectivity index (χ4v) is 2.81. The Hall–Kier alpha value is -2.23. The highest BCUT2D eigenvalue weighted by atomic mass is 16.1. The molecular formula is C16H17N3O. The zero-order valence-corrected chi connectivity index (χ0v) is 11.7. The first-order valence-corrected chi connectivity index (χ1v) is 6.77. The van der Waals surface area contributed by atoms with Crippen LogP contribution < -0.4 is 5.73 Å². The van der Waals surface area contributed by atoms with Crippen molar-refractivity contribution in [1.82, 2.24) is 9.97 Å². The minimum Gasteiger partial charge on any atom is -0.383 e. The van der Waals surface area contributed by atoms with Crippen molar-refractivity contribution in [2.75, 3.05) is 5.73 Å². The molecule has 1 aromatic carbocycles. The van der Waals surface area contributed by atoms with Crippen LogP contribution in [0.5, 0.6) is 0 Å². The maximum Gasteiger partial charge on any atom is 0.169 e. The number of hydrogen-bond donors (Lipinski definition) is 1. The van der Waals surface area contributed by atoms with Gasteiger partial charge in [0.2, 0.25) is 0 Å². The summed E-state index contributed by atoms with van der Waals surface area (Å²) in [5.41, 5.74) is 9.59. The molecule has 0 amide bonds. The van der Waals surface area contributed by atoms with Crippen molar-refractivity contribution in [3.63, 3.8) is 0 Å². The molecule has 1 aliphatic carbocycles. The van der Waals surface area contributed by atoms with Gasteiger partial charge in [0.1, 0.15) is 11.6 Å². The van der Waals surface area contributed by atoms with Crippen molar-refractivity contribution < 1.29 is 4.79 Å². The maximum absolute atomic E-state index is 12.3. The zero-order chi connectivity index (χ0) is 14.3. The second-order valence-corrected chi connectivity index (χ2v) is 5.42. The lowest BCUT2D eigenvalue weighted by Crippen LogP contribution is -2.23. The van der Waals surface area contributed by atoms with Crippen LogP contribution in [0.1, 0.15) is 45.3 Å². The Morgan fingerprint density at radius 2 is 1.80 bits per heavy atom. The van der Waals surface area contributed by atoms with Gasteiger partial charge in [0.05, 0.1) is 11.3 Å². The minimum absolute atomic E-state index is 0.0503. The number of aryl methyl sites for hydroxylation is 2. The van der Waals surface area contributed by atoms with Gasteiger partial charge in [0.25, 0.3) is 0 Å². The average molecular weight is 267 g/mol. The zero-order valence-electron chi connectivity index (χ0n) is 11.7. The Labute approximate surface area is 118 Å². The van der Waals surface area contributed by atoms with Gasteiger partial charge in [-0.05, 0) is 31.7 Å². The number of carbonyl (C=O) groups is 1. The summed E-state index contributed by atoms with van der Waals surface area (Å²) in [5.74, 6) is 1.18. The van der Waals surface area contributed by atoms with Crippen molar-refractivity contribution in [3.05, 3.63) is 52.5 Å². The van der Waals surface area contributed by atoms with Crippen LogP contribution in [0, 0.1) is 13.8 Å². The summed E-state index contributed by atoms with van der Waals surface area (Å²) < 4.78 is 0. The first kappa shape index (κ1) is 12.8. The fourth-order valence-electron chi connectivity index (χ4n) is 2.81. The lowest BCUT2D eigenvalue weighted by atomic mass is 9.81. The van der Waals surface area contributed by atoms with Gasteiger partial charge in [-0.2, -0.15) is 0 Å². The largest absolute Gasteiger partial charge is 0.383 e. The molecule has 1 atom stereocenters. The molecule has 102 valence electrons. The molecule has 1 heterocycles. The molecule has 0 radical (unpaired) electrons. The third-order valence-electron chi connectivity index (χ3n) is 3.82. The lowest BCUT2D eigenvalue weighted by Gasteiger charge is -2.24. The number of nitrogens with zero attached hydrogens (tertiary/aromatic N) is 2. The lowest BCUT2D eigenvalue weighted by molar-refractivity contribution is 0.0963. The van der Waals surface area contributed by atoms with Gasteiger partial charge in [-0.25, -0.2) is 9.97 Å². The molecule has 20 heavy (non-hydrogen) atoms. The van der Waals surface area contributed by atoms with Crippen LogP contribution in [0.15, 0.2) is 24.3 Å². The van der Waals surface area contributed by atoms with Gasteiger partial charge in [-0.15, -0.1) is 0 Å². The highest BCUT2D eigenvalue weighted by Crippen LogP contribution is 2.33. The van der Waals surface area contributed by atoms with Crippen LogP contribution in [0.3, 0.4) is 0 Å². The normalized spacial score (nSPS) is 17.9. The molecule has 0 aliphatic heterocycles. The summed E-state index contributed by atoms with van der Waals surface area (Å²) >= 11 is 0. The Bertz CT molecular complexity index is 677. The van der Waals surface area contributed by atoms with Crippen molar-refractivity contribution in [3.8, 4) is 0 Å². The first-order valence-electron chi connectivity index (χ1n) is 6.77. The molecule has 4 nitrogen and oxygen atoms in total. The number of nitrogens with two attached hydrogens (primary N) is 1.